The molecule has 1 aliphatic carbocycles. The first kappa shape index (κ1) is 9.95. The Morgan fingerprint density at radius 2 is 2.43 bits per heavy atom. The molecule has 0 radical (unpaired) electrons. The first-order valence-electron chi connectivity index (χ1n) is 4.29. The molecule has 0 aromatic carbocycles. The summed E-state index contributed by atoms with van der Waals surface area (Å²) in [5, 5.41) is 0. The van der Waals surface area contributed by atoms with Crippen LogP contribution in [0, 0.1) is 11.8 Å². The lowest BCUT2D eigenvalue weighted by Gasteiger charge is -2.36. The van der Waals surface area contributed by atoms with E-state index < -0.39 is 6.10 Å². The van der Waals surface area contributed by atoms with E-state index in [-0.39, 0.29) is 23.8 Å². The largest absolute Gasteiger partial charge is 0.469 e. The Hall–Kier alpha value is -0.590. The van der Waals surface area contributed by atoms with Gasteiger partial charge in [-0.25, -0.2) is 0 Å². The molecule has 4 nitrogen and oxygen atoms in total. The minimum atomic E-state index is -0.424. The fourth-order valence-electron chi connectivity index (χ4n) is 1.81. The van der Waals surface area contributed by atoms with E-state index in [1.807, 2.05) is 6.08 Å². The van der Waals surface area contributed by atoms with E-state index in [1.54, 1.807) is 0 Å². The van der Waals surface area contributed by atoms with Crippen LogP contribution in [0.25, 0.3) is 0 Å². The monoisotopic (exact) mass is 308 g/mol. The van der Waals surface area contributed by atoms with Crippen LogP contribution in [0.3, 0.4) is 0 Å². The smallest absolute Gasteiger partial charge is 0.314 e. The van der Waals surface area contributed by atoms with E-state index in [4.69, 9.17) is 4.74 Å². The minimum Gasteiger partial charge on any atom is -0.469 e. The first-order valence-corrected chi connectivity index (χ1v) is 5.37. The number of rotatable bonds is 1. The molecule has 2 heterocycles. The predicted molar refractivity (Wildman–Crippen MR) is 55.6 cm³/mol. The molecule has 2 bridgehead atoms. The fraction of sp³-hybridized carbons (Fsp3) is 0.556. The van der Waals surface area contributed by atoms with Gasteiger partial charge in [0.1, 0.15) is 6.10 Å². The summed E-state index contributed by atoms with van der Waals surface area (Å²) < 4.78 is 10.7. The van der Waals surface area contributed by atoms with Crippen molar-refractivity contribution in [2.75, 3.05) is 7.11 Å². The van der Waals surface area contributed by atoms with E-state index in [0.29, 0.717) is 6.42 Å². The van der Waals surface area contributed by atoms with Crippen LogP contribution in [-0.4, -0.2) is 25.2 Å². The average Bonchev–Trinajstić information content (AvgIpc) is 2.16. The molecule has 3 atom stereocenters. The maximum Gasteiger partial charge on any atom is 0.314 e. The second kappa shape index (κ2) is 3.52. The quantitative estimate of drug-likeness (QED) is 0.536. The van der Waals surface area contributed by atoms with Crippen molar-refractivity contribution in [3.8, 4) is 0 Å². The van der Waals surface area contributed by atoms with E-state index in [2.05, 4.69) is 27.3 Å². The summed E-state index contributed by atoms with van der Waals surface area (Å²) in [4.78, 5) is 22.6. The van der Waals surface area contributed by atoms with Gasteiger partial charge >= 0.3 is 11.9 Å². The van der Waals surface area contributed by atoms with Gasteiger partial charge in [0.15, 0.2) is 0 Å². The number of halogens is 1. The molecule has 0 aromatic heterocycles. The Bertz CT molecular complexity index is 323. The Kier molecular flexibility index (Phi) is 2.50. The predicted octanol–water partition coefficient (Wildman–Crippen LogP) is 1.04. The number of methoxy groups -OCH3 is 1. The van der Waals surface area contributed by atoms with Gasteiger partial charge in [0.05, 0.1) is 18.9 Å². The van der Waals surface area contributed by atoms with Gasteiger partial charge in [0.2, 0.25) is 0 Å². The highest BCUT2D eigenvalue weighted by Gasteiger charge is 2.46. The molecular weight excluding hydrogens is 299 g/mol. The van der Waals surface area contributed by atoms with Crippen LogP contribution in [0.1, 0.15) is 6.42 Å². The topological polar surface area (TPSA) is 52.6 Å². The maximum atomic E-state index is 11.3. The van der Waals surface area contributed by atoms with Crippen molar-refractivity contribution in [2.45, 2.75) is 12.5 Å². The molecule has 3 aliphatic rings. The van der Waals surface area contributed by atoms with Crippen LogP contribution in [-0.2, 0) is 19.1 Å². The van der Waals surface area contributed by atoms with Crippen molar-refractivity contribution in [1.82, 2.24) is 0 Å². The highest BCUT2D eigenvalue weighted by atomic mass is 127. The summed E-state index contributed by atoms with van der Waals surface area (Å²) in [6, 6.07) is 0. The van der Waals surface area contributed by atoms with Crippen LogP contribution >= 0.6 is 22.6 Å². The normalized spacial score (nSPS) is 34.9. The number of ether oxygens (including phenoxy) is 2. The van der Waals surface area contributed by atoms with E-state index in [1.165, 1.54) is 7.11 Å². The lowest BCUT2D eigenvalue weighted by Crippen LogP contribution is -2.45. The van der Waals surface area contributed by atoms with Crippen molar-refractivity contribution in [1.29, 1.82) is 0 Å². The Morgan fingerprint density at radius 3 is 2.93 bits per heavy atom. The molecule has 0 saturated carbocycles. The Morgan fingerprint density at radius 1 is 1.71 bits per heavy atom. The van der Waals surface area contributed by atoms with Gasteiger partial charge in [-0.05, 0) is 35.1 Å². The molecule has 5 heteroatoms. The SMILES string of the molecule is COC(=O)[C@@H]1C[C@H]2C(=O)O[C@@H]1C=C2I. The van der Waals surface area contributed by atoms with Gasteiger partial charge in [0, 0.05) is 3.58 Å². The fourth-order valence-corrected chi connectivity index (χ4v) is 2.68. The van der Waals surface area contributed by atoms with Gasteiger partial charge in [-0.3, -0.25) is 9.59 Å². The molecule has 14 heavy (non-hydrogen) atoms. The van der Waals surface area contributed by atoms with Crippen LogP contribution in [0.2, 0.25) is 0 Å². The number of carbonyl (C=O) groups is 2. The molecule has 76 valence electrons. The summed E-state index contributed by atoms with van der Waals surface area (Å²) in [5.41, 5.74) is 0. The van der Waals surface area contributed by atoms with Crippen molar-refractivity contribution in [2.24, 2.45) is 11.8 Å². The lowest BCUT2D eigenvalue weighted by atomic mass is 9.82. The number of esters is 2. The van der Waals surface area contributed by atoms with Crippen molar-refractivity contribution in [3.05, 3.63) is 9.66 Å². The summed E-state index contributed by atoms with van der Waals surface area (Å²) in [7, 11) is 1.35. The van der Waals surface area contributed by atoms with Gasteiger partial charge in [-0.2, -0.15) is 0 Å². The zero-order chi connectivity index (χ0) is 10.3. The molecular formula is C9H9IO4. The molecule has 3 rings (SSSR count). The van der Waals surface area contributed by atoms with Crippen LogP contribution in [0.15, 0.2) is 9.66 Å². The van der Waals surface area contributed by atoms with E-state index in [9.17, 15) is 9.59 Å². The van der Waals surface area contributed by atoms with Gasteiger partial charge < -0.3 is 9.47 Å². The molecule has 1 fully saturated rings. The minimum absolute atomic E-state index is 0.220. The highest BCUT2D eigenvalue weighted by molar-refractivity contribution is 14.1. The molecule has 1 saturated heterocycles. The second-order valence-electron chi connectivity index (χ2n) is 3.37. The van der Waals surface area contributed by atoms with Crippen LogP contribution in [0.4, 0.5) is 0 Å². The molecule has 0 N–H and O–H groups in total. The molecule has 0 amide bonds. The summed E-state index contributed by atoms with van der Waals surface area (Å²) >= 11 is 2.12. The third kappa shape index (κ3) is 1.43. The second-order valence-corrected chi connectivity index (χ2v) is 4.62. The number of fused-ring (bicyclic) bond motifs is 2. The summed E-state index contributed by atoms with van der Waals surface area (Å²) in [6.07, 6.45) is 1.93. The van der Waals surface area contributed by atoms with E-state index >= 15 is 0 Å². The number of hydrogen-bond donors (Lipinski definition) is 0. The standard InChI is InChI=1S/C9H9IO4/c1-13-8(11)5-2-4-6(10)3-7(5)14-9(4)12/h3-5,7H,2H2,1H3/t4-,5-,7-/m1/s1. The molecule has 0 aromatic rings. The van der Waals surface area contributed by atoms with Gasteiger partial charge in [-0.1, -0.05) is 0 Å². The van der Waals surface area contributed by atoms with Crippen molar-refractivity contribution in [3.63, 3.8) is 0 Å². The zero-order valence-corrected chi connectivity index (χ0v) is 9.68. The number of hydrogen-bond acceptors (Lipinski definition) is 4. The highest BCUT2D eigenvalue weighted by Crippen LogP contribution is 2.40. The van der Waals surface area contributed by atoms with Crippen molar-refractivity contribution >= 4 is 34.5 Å². The number of carbonyl (C=O) groups excluding carboxylic acids is 2. The summed E-state index contributed by atoms with van der Waals surface area (Å²) in [5.74, 6) is -1.10. The Balaban J connectivity index is 2.24. The lowest BCUT2D eigenvalue weighted by molar-refractivity contribution is -0.170. The third-order valence-corrected chi connectivity index (χ3v) is 3.69. The van der Waals surface area contributed by atoms with Crippen LogP contribution < -0.4 is 0 Å². The molecule has 0 spiro atoms. The summed E-state index contributed by atoms with van der Waals surface area (Å²) in [6.45, 7) is 0. The molecule has 0 unspecified atom stereocenters. The Labute approximate surface area is 94.8 Å². The zero-order valence-electron chi connectivity index (χ0n) is 7.53. The third-order valence-electron chi connectivity index (χ3n) is 2.58. The molecule has 2 aliphatic heterocycles. The average molecular weight is 308 g/mol. The van der Waals surface area contributed by atoms with Gasteiger partial charge in [-0.15, -0.1) is 0 Å². The van der Waals surface area contributed by atoms with E-state index in [0.717, 1.165) is 3.58 Å². The van der Waals surface area contributed by atoms with Crippen molar-refractivity contribution < 1.29 is 19.1 Å². The first-order chi connectivity index (χ1) is 6.63. The maximum absolute atomic E-state index is 11.3. The van der Waals surface area contributed by atoms with Gasteiger partial charge in [0.25, 0.3) is 0 Å². The van der Waals surface area contributed by atoms with Crippen LogP contribution in [0.5, 0.6) is 0 Å².